The Kier molecular flexibility index (Phi) is 6.93. The van der Waals surface area contributed by atoms with Crippen LogP contribution in [0.15, 0.2) is 67.1 Å². The average molecular weight is 527 g/mol. The van der Waals surface area contributed by atoms with E-state index in [0.717, 1.165) is 72.4 Å². The van der Waals surface area contributed by atoms with Crippen molar-refractivity contribution in [2.45, 2.75) is 43.8 Å². The minimum Gasteiger partial charge on any atom is -0.480 e. The number of likely N-dealkylation sites (N-methyl/N-ethyl adjacent to an activating group) is 1. The van der Waals surface area contributed by atoms with Gasteiger partial charge in [0, 0.05) is 43.5 Å². The van der Waals surface area contributed by atoms with Crippen LogP contribution in [0.3, 0.4) is 0 Å². The number of fused-ring (bicyclic) bond motifs is 1. The van der Waals surface area contributed by atoms with E-state index in [4.69, 9.17) is 10.5 Å². The van der Waals surface area contributed by atoms with Crippen LogP contribution < -0.4 is 10.5 Å². The number of carboxylic acids is 1. The molecule has 0 amide bonds. The highest BCUT2D eigenvalue weighted by atomic mass is 16.5. The van der Waals surface area contributed by atoms with Crippen LogP contribution >= 0.6 is 0 Å². The van der Waals surface area contributed by atoms with Gasteiger partial charge in [-0.05, 0) is 62.6 Å². The second-order valence-electron chi connectivity index (χ2n) is 10.6. The van der Waals surface area contributed by atoms with Gasteiger partial charge >= 0.3 is 5.97 Å². The van der Waals surface area contributed by atoms with Crippen molar-refractivity contribution in [2.75, 3.05) is 32.4 Å². The van der Waals surface area contributed by atoms with E-state index >= 15 is 0 Å². The molecular formula is C30H34N6O3. The summed E-state index contributed by atoms with van der Waals surface area (Å²) >= 11 is 0. The van der Waals surface area contributed by atoms with Crippen molar-refractivity contribution in [1.82, 2.24) is 24.3 Å². The van der Waals surface area contributed by atoms with Gasteiger partial charge in [0.2, 0.25) is 0 Å². The lowest BCUT2D eigenvalue weighted by Crippen LogP contribution is -2.57. The number of carboxylic acid groups (broad SMARTS) is 1. The molecule has 9 nitrogen and oxygen atoms in total. The van der Waals surface area contributed by atoms with Crippen molar-refractivity contribution < 1.29 is 14.6 Å². The molecule has 2 aromatic heterocycles. The molecule has 2 aliphatic rings. The number of nitrogen functional groups attached to an aromatic ring is 1. The molecule has 9 heteroatoms. The minimum atomic E-state index is -0.737. The first kappa shape index (κ1) is 25.3. The number of nitrogens with two attached hydrogens (primary N) is 1. The van der Waals surface area contributed by atoms with Crippen LogP contribution in [-0.4, -0.2) is 74.2 Å². The molecule has 1 saturated carbocycles. The summed E-state index contributed by atoms with van der Waals surface area (Å²) in [4.78, 5) is 25.0. The Hall–Kier alpha value is -3.95. The Bertz CT molecular complexity index is 1450. The quantitative estimate of drug-likeness (QED) is 0.373. The van der Waals surface area contributed by atoms with E-state index in [1.54, 1.807) is 0 Å². The second kappa shape index (κ2) is 10.7. The summed E-state index contributed by atoms with van der Waals surface area (Å²) in [7, 11) is 1.90. The van der Waals surface area contributed by atoms with Crippen molar-refractivity contribution in [3.05, 3.63) is 67.1 Å². The summed E-state index contributed by atoms with van der Waals surface area (Å²) in [5, 5.41) is 10.5. The van der Waals surface area contributed by atoms with Gasteiger partial charge in [-0.15, -0.1) is 0 Å². The van der Waals surface area contributed by atoms with Crippen molar-refractivity contribution in [3.63, 3.8) is 0 Å². The zero-order chi connectivity index (χ0) is 26.9. The van der Waals surface area contributed by atoms with Crippen LogP contribution in [0.1, 0.15) is 31.7 Å². The standard InChI is InChI=1S/C30H34N6O3/c1-34-15-16-35(18-26(34)30(37)38)21-9-11-22(12-10-21)36-17-25(27-28(31)32-19-33-29(27)36)20-7-13-24(14-8-20)39-23-5-3-2-4-6-23/h2-8,13-14,17,19,21-22,26H,9-12,15-16,18H2,1H3,(H,37,38)(H2,31,32,33)/t21-,22-,26?. The maximum Gasteiger partial charge on any atom is 0.322 e. The van der Waals surface area contributed by atoms with Crippen LogP contribution in [-0.2, 0) is 4.79 Å². The predicted octanol–water partition coefficient (Wildman–Crippen LogP) is 4.66. The van der Waals surface area contributed by atoms with Crippen molar-refractivity contribution in [1.29, 1.82) is 0 Å². The van der Waals surface area contributed by atoms with E-state index < -0.39 is 12.0 Å². The molecule has 0 spiro atoms. The zero-order valence-corrected chi connectivity index (χ0v) is 22.1. The highest BCUT2D eigenvalue weighted by molar-refractivity contribution is 6.00. The van der Waals surface area contributed by atoms with Crippen molar-refractivity contribution in [2.24, 2.45) is 0 Å². The summed E-state index contributed by atoms with van der Waals surface area (Å²) in [6, 6.07) is 18.0. The zero-order valence-electron chi connectivity index (χ0n) is 22.1. The smallest absolute Gasteiger partial charge is 0.322 e. The first-order valence-corrected chi connectivity index (χ1v) is 13.6. The molecule has 0 radical (unpaired) electrons. The normalized spacial score (nSPS) is 22.6. The molecule has 0 bridgehead atoms. The highest BCUT2D eigenvalue weighted by Crippen LogP contribution is 2.39. The molecule has 1 saturated heterocycles. The van der Waals surface area contributed by atoms with Gasteiger partial charge in [0.15, 0.2) is 0 Å². The number of nitrogens with zero attached hydrogens (tertiary/aromatic N) is 5. The number of hydrogen-bond acceptors (Lipinski definition) is 7. The van der Waals surface area contributed by atoms with Crippen LogP contribution in [0.2, 0.25) is 0 Å². The lowest BCUT2D eigenvalue weighted by molar-refractivity contribution is -0.145. The van der Waals surface area contributed by atoms with Gasteiger partial charge in [-0.3, -0.25) is 14.6 Å². The molecule has 39 heavy (non-hydrogen) atoms. The third-order valence-corrected chi connectivity index (χ3v) is 8.32. The molecule has 1 atom stereocenters. The van der Waals surface area contributed by atoms with Crippen LogP contribution in [0.5, 0.6) is 11.5 Å². The molecule has 1 aliphatic carbocycles. The highest BCUT2D eigenvalue weighted by Gasteiger charge is 2.35. The minimum absolute atomic E-state index is 0.301. The molecule has 4 aromatic rings. The molecule has 3 heterocycles. The van der Waals surface area contributed by atoms with Gasteiger partial charge in [0.05, 0.1) is 5.39 Å². The van der Waals surface area contributed by atoms with Crippen molar-refractivity contribution >= 4 is 22.8 Å². The Balaban J connectivity index is 1.21. The number of rotatable bonds is 6. The van der Waals surface area contributed by atoms with Crippen molar-refractivity contribution in [3.8, 4) is 22.6 Å². The van der Waals surface area contributed by atoms with E-state index in [1.807, 2.05) is 66.5 Å². The fourth-order valence-corrected chi connectivity index (χ4v) is 6.13. The predicted molar refractivity (Wildman–Crippen MR) is 151 cm³/mol. The molecular weight excluding hydrogens is 492 g/mol. The lowest BCUT2D eigenvalue weighted by Gasteiger charge is -2.43. The largest absolute Gasteiger partial charge is 0.480 e. The molecule has 2 fully saturated rings. The molecule has 1 aliphatic heterocycles. The monoisotopic (exact) mass is 526 g/mol. The summed E-state index contributed by atoms with van der Waals surface area (Å²) in [6.07, 6.45) is 7.78. The second-order valence-corrected chi connectivity index (χ2v) is 10.6. The molecule has 1 unspecified atom stereocenters. The molecule has 3 N–H and O–H groups in total. The number of para-hydroxylation sites is 1. The number of piperazine rings is 1. The van der Waals surface area contributed by atoms with Gasteiger partial charge < -0.3 is 20.1 Å². The Labute approximate surface area is 227 Å². The SMILES string of the molecule is CN1CCN([C@H]2CC[C@H](n3cc(-c4ccc(Oc5ccccc5)cc4)c4c(N)ncnc43)CC2)CC1C(=O)O. The lowest BCUT2D eigenvalue weighted by atomic mass is 9.89. The van der Waals surface area contributed by atoms with Gasteiger partial charge in [-0.25, -0.2) is 9.97 Å². The molecule has 2 aromatic carbocycles. The third-order valence-electron chi connectivity index (χ3n) is 8.32. The van der Waals surface area contributed by atoms with E-state index in [-0.39, 0.29) is 0 Å². The summed E-state index contributed by atoms with van der Waals surface area (Å²) in [6.45, 7) is 2.29. The first-order valence-electron chi connectivity index (χ1n) is 13.6. The van der Waals surface area contributed by atoms with Gasteiger partial charge in [-0.2, -0.15) is 0 Å². The molecule has 202 valence electrons. The summed E-state index contributed by atoms with van der Waals surface area (Å²) < 4.78 is 8.25. The summed E-state index contributed by atoms with van der Waals surface area (Å²) in [5.41, 5.74) is 9.29. The maximum atomic E-state index is 11.7. The number of aromatic nitrogens is 3. The van der Waals surface area contributed by atoms with E-state index in [1.165, 1.54) is 6.33 Å². The van der Waals surface area contributed by atoms with Gasteiger partial charge in [0.25, 0.3) is 0 Å². The van der Waals surface area contributed by atoms with Crippen LogP contribution in [0, 0.1) is 0 Å². The van der Waals surface area contributed by atoms with Gasteiger partial charge in [0.1, 0.15) is 35.3 Å². The van der Waals surface area contributed by atoms with E-state index in [9.17, 15) is 9.90 Å². The average Bonchev–Trinajstić information content (AvgIpc) is 3.35. The number of aliphatic carboxylic acids is 1. The number of hydrogen-bond donors (Lipinski definition) is 2. The Morgan fingerprint density at radius 3 is 2.36 bits per heavy atom. The number of ether oxygens (including phenoxy) is 1. The Morgan fingerprint density at radius 1 is 0.949 bits per heavy atom. The van der Waals surface area contributed by atoms with Gasteiger partial charge in [-0.1, -0.05) is 30.3 Å². The number of benzene rings is 2. The topological polar surface area (TPSA) is 110 Å². The Morgan fingerprint density at radius 2 is 1.64 bits per heavy atom. The van der Waals surface area contributed by atoms with Crippen LogP contribution in [0.4, 0.5) is 5.82 Å². The number of anilines is 1. The van der Waals surface area contributed by atoms with Crippen LogP contribution in [0.25, 0.3) is 22.2 Å². The maximum absolute atomic E-state index is 11.7. The van der Waals surface area contributed by atoms with E-state index in [2.05, 4.69) is 25.6 Å². The van der Waals surface area contributed by atoms with E-state index in [0.29, 0.717) is 24.4 Å². The molecule has 6 rings (SSSR count). The number of carbonyl (C=O) groups is 1. The third kappa shape index (κ3) is 5.07. The fraction of sp³-hybridized carbons (Fsp3) is 0.367. The first-order chi connectivity index (χ1) is 19.0. The fourth-order valence-electron chi connectivity index (χ4n) is 6.13. The summed E-state index contributed by atoms with van der Waals surface area (Å²) in [5.74, 6) is 1.30.